The molecule has 0 aliphatic rings. The first kappa shape index (κ1) is 12.3. The Morgan fingerprint density at radius 3 is 2.33 bits per heavy atom. The van der Waals surface area contributed by atoms with Crippen LogP contribution < -0.4 is 5.73 Å². The number of aryl methyl sites for hydroxylation is 2. The molecule has 0 heterocycles. The standard InChI is InChI=1S/C13H16BrN/c1-4-5-6-12(15)11-7-9(2)13(14)10(3)8-11/h7-8,12H,6,15H2,1-3H3. The number of rotatable bonds is 2. The molecular weight excluding hydrogens is 250 g/mol. The maximum atomic E-state index is 6.05. The summed E-state index contributed by atoms with van der Waals surface area (Å²) in [5.41, 5.74) is 9.67. The molecule has 0 bridgehead atoms. The van der Waals surface area contributed by atoms with Crippen LogP contribution in [0.15, 0.2) is 16.6 Å². The summed E-state index contributed by atoms with van der Waals surface area (Å²) in [4.78, 5) is 0. The Hall–Kier alpha value is -0.780. The van der Waals surface area contributed by atoms with Crippen molar-refractivity contribution < 1.29 is 0 Å². The van der Waals surface area contributed by atoms with Gasteiger partial charge in [0, 0.05) is 16.9 Å². The van der Waals surface area contributed by atoms with Gasteiger partial charge >= 0.3 is 0 Å². The highest BCUT2D eigenvalue weighted by atomic mass is 79.9. The van der Waals surface area contributed by atoms with Crippen molar-refractivity contribution in [1.82, 2.24) is 0 Å². The van der Waals surface area contributed by atoms with Gasteiger partial charge in [0.25, 0.3) is 0 Å². The van der Waals surface area contributed by atoms with Gasteiger partial charge in [0.2, 0.25) is 0 Å². The zero-order chi connectivity index (χ0) is 11.4. The summed E-state index contributed by atoms with van der Waals surface area (Å²) in [5.74, 6) is 5.88. The van der Waals surface area contributed by atoms with Gasteiger partial charge < -0.3 is 5.73 Å². The van der Waals surface area contributed by atoms with Crippen molar-refractivity contribution >= 4 is 15.9 Å². The van der Waals surface area contributed by atoms with Gasteiger partial charge in [-0.15, -0.1) is 11.8 Å². The Kier molecular flexibility index (Phi) is 4.38. The van der Waals surface area contributed by atoms with Crippen molar-refractivity contribution in [3.05, 3.63) is 33.3 Å². The zero-order valence-electron chi connectivity index (χ0n) is 9.39. The van der Waals surface area contributed by atoms with Gasteiger partial charge in [-0.1, -0.05) is 28.1 Å². The lowest BCUT2D eigenvalue weighted by molar-refractivity contribution is 0.751. The molecule has 1 nitrogen and oxygen atoms in total. The molecule has 0 saturated carbocycles. The van der Waals surface area contributed by atoms with E-state index >= 15 is 0 Å². The summed E-state index contributed by atoms with van der Waals surface area (Å²) in [6.07, 6.45) is 0.719. The average Bonchev–Trinajstić information content (AvgIpc) is 2.21. The second-order valence-corrected chi connectivity index (χ2v) is 4.50. The van der Waals surface area contributed by atoms with Gasteiger partial charge in [-0.25, -0.2) is 0 Å². The van der Waals surface area contributed by atoms with E-state index in [0.717, 1.165) is 12.0 Å². The largest absolute Gasteiger partial charge is 0.323 e. The lowest BCUT2D eigenvalue weighted by Gasteiger charge is -2.12. The molecule has 1 rings (SSSR count). The third kappa shape index (κ3) is 3.09. The Morgan fingerprint density at radius 1 is 1.33 bits per heavy atom. The third-order valence-corrected chi connectivity index (χ3v) is 3.64. The topological polar surface area (TPSA) is 26.0 Å². The Labute approximate surface area is 100 Å². The molecule has 1 aromatic carbocycles. The lowest BCUT2D eigenvalue weighted by atomic mass is 10.00. The van der Waals surface area contributed by atoms with Gasteiger partial charge in [-0.3, -0.25) is 0 Å². The minimum atomic E-state index is 0.0166. The minimum absolute atomic E-state index is 0.0166. The maximum Gasteiger partial charge on any atom is 0.0406 e. The molecule has 0 amide bonds. The molecule has 2 heteroatoms. The monoisotopic (exact) mass is 265 g/mol. The number of benzene rings is 1. The van der Waals surface area contributed by atoms with Crippen LogP contribution in [0.2, 0.25) is 0 Å². The van der Waals surface area contributed by atoms with Gasteiger partial charge in [0.15, 0.2) is 0 Å². The first-order valence-electron chi connectivity index (χ1n) is 4.98. The van der Waals surface area contributed by atoms with E-state index in [2.05, 4.69) is 53.8 Å². The molecule has 0 saturated heterocycles. The molecule has 0 aliphatic carbocycles. The van der Waals surface area contributed by atoms with Crippen molar-refractivity contribution in [2.45, 2.75) is 33.2 Å². The molecule has 0 fully saturated rings. The van der Waals surface area contributed by atoms with Crippen LogP contribution in [0.25, 0.3) is 0 Å². The molecule has 1 atom stereocenters. The fourth-order valence-corrected chi connectivity index (χ4v) is 1.75. The van der Waals surface area contributed by atoms with E-state index < -0.39 is 0 Å². The van der Waals surface area contributed by atoms with Gasteiger partial charge in [0.05, 0.1) is 0 Å². The van der Waals surface area contributed by atoms with Gasteiger partial charge in [-0.05, 0) is 37.5 Å². The summed E-state index contributed by atoms with van der Waals surface area (Å²) in [6.45, 7) is 6.00. The first-order valence-corrected chi connectivity index (χ1v) is 5.77. The lowest BCUT2D eigenvalue weighted by Crippen LogP contribution is -2.10. The summed E-state index contributed by atoms with van der Waals surface area (Å²) in [6, 6.07) is 4.26. The highest BCUT2D eigenvalue weighted by Crippen LogP contribution is 2.25. The molecule has 15 heavy (non-hydrogen) atoms. The van der Waals surface area contributed by atoms with E-state index in [1.807, 2.05) is 6.92 Å². The van der Waals surface area contributed by atoms with E-state index in [9.17, 15) is 0 Å². The molecule has 2 N–H and O–H groups in total. The van der Waals surface area contributed by atoms with Gasteiger partial charge in [-0.2, -0.15) is 0 Å². The summed E-state index contributed by atoms with van der Waals surface area (Å²) < 4.78 is 1.17. The predicted molar refractivity (Wildman–Crippen MR) is 68.6 cm³/mol. The molecule has 0 radical (unpaired) electrons. The maximum absolute atomic E-state index is 6.05. The van der Waals surface area contributed by atoms with E-state index in [4.69, 9.17) is 5.73 Å². The van der Waals surface area contributed by atoms with Crippen molar-refractivity contribution in [2.75, 3.05) is 0 Å². The number of hydrogen-bond donors (Lipinski definition) is 1. The van der Waals surface area contributed by atoms with Crippen molar-refractivity contribution in [2.24, 2.45) is 5.73 Å². The fourth-order valence-electron chi connectivity index (χ4n) is 1.52. The quantitative estimate of drug-likeness (QED) is 0.815. The summed E-state index contributed by atoms with van der Waals surface area (Å²) in [5, 5.41) is 0. The van der Waals surface area contributed by atoms with Crippen LogP contribution in [0.1, 0.15) is 36.1 Å². The molecule has 0 aromatic heterocycles. The number of hydrogen-bond acceptors (Lipinski definition) is 1. The number of nitrogens with two attached hydrogens (primary N) is 1. The Morgan fingerprint density at radius 2 is 1.87 bits per heavy atom. The molecule has 0 spiro atoms. The molecule has 1 aromatic rings. The normalized spacial score (nSPS) is 11.8. The molecular formula is C13H16BrN. The molecule has 0 aliphatic heterocycles. The zero-order valence-corrected chi connectivity index (χ0v) is 11.0. The van der Waals surface area contributed by atoms with Crippen LogP contribution in [0.4, 0.5) is 0 Å². The van der Waals surface area contributed by atoms with E-state index in [-0.39, 0.29) is 6.04 Å². The predicted octanol–water partition coefficient (Wildman–Crippen LogP) is 3.48. The summed E-state index contributed by atoms with van der Waals surface area (Å²) >= 11 is 3.55. The summed E-state index contributed by atoms with van der Waals surface area (Å²) in [7, 11) is 0. The van der Waals surface area contributed by atoms with E-state index in [1.54, 1.807) is 0 Å². The smallest absolute Gasteiger partial charge is 0.0406 e. The van der Waals surface area contributed by atoms with Crippen LogP contribution in [0, 0.1) is 25.7 Å². The van der Waals surface area contributed by atoms with Crippen LogP contribution in [0.5, 0.6) is 0 Å². The van der Waals surface area contributed by atoms with Gasteiger partial charge in [0.1, 0.15) is 0 Å². The average molecular weight is 266 g/mol. The van der Waals surface area contributed by atoms with Crippen molar-refractivity contribution in [1.29, 1.82) is 0 Å². The van der Waals surface area contributed by atoms with Crippen LogP contribution in [-0.2, 0) is 0 Å². The third-order valence-electron chi connectivity index (χ3n) is 2.39. The fraction of sp³-hybridized carbons (Fsp3) is 0.385. The highest BCUT2D eigenvalue weighted by Gasteiger charge is 2.08. The Balaban J connectivity index is 2.98. The van der Waals surface area contributed by atoms with E-state index in [0.29, 0.717) is 0 Å². The van der Waals surface area contributed by atoms with Crippen molar-refractivity contribution in [3.8, 4) is 11.8 Å². The highest BCUT2D eigenvalue weighted by molar-refractivity contribution is 9.10. The van der Waals surface area contributed by atoms with E-state index in [1.165, 1.54) is 15.6 Å². The van der Waals surface area contributed by atoms with Crippen LogP contribution >= 0.6 is 15.9 Å². The first-order chi connectivity index (χ1) is 7.06. The van der Waals surface area contributed by atoms with Crippen molar-refractivity contribution in [3.63, 3.8) is 0 Å². The second kappa shape index (κ2) is 5.34. The van der Waals surface area contributed by atoms with Crippen LogP contribution in [-0.4, -0.2) is 0 Å². The number of halogens is 1. The molecule has 80 valence electrons. The molecule has 1 unspecified atom stereocenters. The SMILES string of the molecule is CC#CCC(N)c1cc(C)c(Br)c(C)c1. The second-order valence-electron chi connectivity index (χ2n) is 3.71. The Bertz CT molecular complexity index is 389. The van der Waals surface area contributed by atoms with Crippen LogP contribution in [0.3, 0.4) is 0 Å². The minimum Gasteiger partial charge on any atom is -0.323 e.